The molecule has 1 aliphatic rings. The van der Waals surface area contributed by atoms with Crippen LogP contribution in [0.3, 0.4) is 0 Å². The van der Waals surface area contributed by atoms with Crippen molar-refractivity contribution < 1.29 is 19.5 Å². The summed E-state index contributed by atoms with van der Waals surface area (Å²) in [6.07, 6.45) is 1.47. The zero-order valence-electron chi connectivity index (χ0n) is 13.2. The zero-order chi connectivity index (χ0) is 16.8. The van der Waals surface area contributed by atoms with Crippen molar-refractivity contribution in [3.05, 3.63) is 35.9 Å². The van der Waals surface area contributed by atoms with Crippen molar-refractivity contribution in [2.45, 2.75) is 32.2 Å². The highest BCUT2D eigenvalue weighted by molar-refractivity contribution is 5.86. The third kappa shape index (κ3) is 4.81. The van der Waals surface area contributed by atoms with E-state index < -0.39 is 11.9 Å². The van der Waals surface area contributed by atoms with Gasteiger partial charge in [0.05, 0.1) is 18.9 Å². The number of nitrogens with one attached hydrogen (secondary N) is 1. The maximum atomic E-state index is 12.3. The summed E-state index contributed by atoms with van der Waals surface area (Å²) >= 11 is 0. The lowest BCUT2D eigenvalue weighted by Gasteiger charge is -2.36. The molecule has 0 aromatic heterocycles. The van der Waals surface area contributed by atoms with Gasteiger partial charge in [-0.25, -0.2) is 0 Å². The summed E-state index contributed by atoms with van der Waals surface area (Å²) in [7, 11) is 0. The molecule has 124 valence electrons. The van der Waals surface area contributed by atoms with E-state index in [-0.39, 0.29) is 37.4 Å². The molecule has 6 heteroatoms. The lowest BCUT2D eigenvalue weighted by atomic mass is 9.93. The Kier molecular flexibility index (Phi) is 5.73. The van der Waals surface area contributed by atoms with Crippen molar-refractivity contribution in [3.8, 4) is 0 Å². The van der Waals surface area contributed by atoms with Crippen molar-refractivity contribution in [3.63, 3.8) is 0 Å². The second-order valence-electron chi connectivity index (χ2n) is 5.95. The number of carboxylic acid groups (broad SMARTS) is 1. The highest BCUT2D eigenvalue weighted by atomic mass is 16.4. The fraction of sp³-hybridized carbons (Fsp3) is 0.471. The molecule has 1 heterocycles. The lowest BCUT2D eigenvalue weighted by molar-refractivity contribution is -0.147. The summed E-state index contributed by atoms with van der Waals surface area (Å²) in [6, 6.07) is 9.30. The molecule has 0 aliphatic carbocycles. The number of nitrogens with zero attached hydrogens (tertiary/aromatic N) is 1. The van der Waals surface area contributed by atoms with Gasteiger partial charge in [-0.05, 0) is 25.3 Å². The number of rotatable bonds is 5. The third-order valence-corrected chi connectivity index (χ3v) is 4.20. The Balaban J connectivity index is 1.83. The smallest absolute Gasteiger partial charge is 0.308 e. The quantitative estimate of drug-likeness (QED) is 0.850. The molecule has 1 aromatic carbocycles. The van der Waals surface area contributed by atoms with Crippen LogP contribution in [0.5, 0.6) is 0 Å². The third-order valence-electron chi connectivity index (χ3n) is 4.20. The zero-order valence-corrected chi connectivity index (χ0v) is 13.2. The fourth-order valence-corrected chi connectivity index (χ4v) is 2.78. The normalized spacial score (nSPS) is 20.8. The predicted octanol–water partition coefficient (Wildman–Crippen LogP) is 1.06. The molecule has 1 saturated heterocycles. The minimum absolute atomic E-state index is 0.00382. The van der Waals surface area contributed by atoms with Gasteiger partial charge in [0.25, 0.3) is 0 Å². The summed E-state index contributed by atoms with van der Waals surface area (Å²) in [5.41, 5.74) is 0.884. The first-order valence-electron chi connectivity index (χ1n) is 7.80. The van der Waals surface area contributed by atoms with Crippen molar-refractivity contribution in [1.82, 2.24) is 10.2 Å². The van der Waals surface area contributed by atoms with Gasteiger partial charge < -0.3 is 15.3 Å². The van der Waals surface area contributed by atoms with Gasteiger partial charge in [0.2, 0.25) is 11.8 Å². The summed E-state index contributed by atoms with van der Waals surface area (Å²) in [5.74, 6) is -1.84. The second kappa shape index (κ2) is 7.76. The van der Waals surface area contributed by atoms with Gasteiger partial charge in [0.15, 0.2) is 0 Å². The van der Waals surface area contributed by atoms with E-state index >= 15 is 0 Å². The Morgan fingerprint density at radius 1 is 1.22 bits per heavy atom. The van der Waals surface area contributed by atoms with Crippen molar-refractivity contribution in [2.75, 3.05) is 13.1 Å². The molecular weight excluding hydrogens is 296 g/mol. The number of hydrogen-bond donors (Lipinski definition) is 2. The van der Waals surface area contributed by atoms with Crippen LogP contribution in [0.2, 0.25) is 0 Å². The molecule has 1 aliphatic heterocycles. The molecule has 6 nitrogen and oxygen atoms in total. The number of amides is 2. The Morgan fingerprint density at radius 3 is 2.57 bits per heavy atom. The van der Waals surface area contributed by atoms with E-state index in [4.69, 9.17) is 5.11 Å². The number of likely N-dealkylation sites (tertiary alicyclic amines) is 1. The van der Waals surface area contributed by atoms with Gasteiger partial charge in [0, 0.05) is 12.6 Å². The van der Waals surface area contributed by atoms with E-state index in [1.807, 2.05) is 37.3 Å². The summed E-state index contributed by atoms with van der Waals surface area (Å²) < 4.78 is 0. The molecule has 2 unspecified atom stereocenters. The van der Waals surface area contributed by atoms with E-state index in [2.05, 4.69) is 5.32 Å². The molecule has 23 heavy (non-hydrogen) atoms. The van der Waals surface area contributed by atoms with E-state index in [9.17, 15) is 14.4 Å². The predicted molar refractivity (Wildman–Crippen MR) is 84.7 cm³/mol. The van der Waals surface area contributed by atoms with Gasteiger partial charge in [-0.3, -0.25) is 14.4 Å². The molecule has 0 spiro atoms. The van der Waals surface area contributed by atoms with E-state index in [1.165, 1.54) is 0 Å². The molecule has 0 radical (unpaired) electrons. The number of carbonyl (C=O) groups excluding carboxylic acids is 2. The van der Waals surface area contributed by atoms with Gasteiger partial charge in [-0.2, -0.15) is 0 Å². The van der Waals surface area contributed by atoms with E-state index in [0.717, 1.165) is 5.56 Å². The minimum Gasteiger partial charge on any atom is -0.481 e. The van der Waals surface area contributed by atoms with Crippen LogP contribution in [0.4, 0.5) is 0 Å². The van der Waals surface area contributed by atoms with Gasteiger partial charge in [-0.1, -0.05) is 30.3 Å². The second-order valence-corrected chi connectivity index (χ2v) is 5.95. The van der Waals surface area contributed by atoms with E-state index in [1.54, 1.807) is 4.90 Å². The van der Waals surface area contributed by atoms with Gasteiger partial charge in [0.1, 0.15) is 0 Å². The Morgan fingerprint density at radius 2 is 1.91 bits per heavy atom. The first-order chi connectivity index (χ1) is 11.0. The lowest BCUT2D eigenvalue weighted by Crippen LogP contribution is -2.50. The number of benzene rings is 1. The van der Waals surface area contributed by atoms with Crippen molar-refractivity contribution >= 4 is 17.8 Å². The monoisotopic (exact) mass is 318 g/mol. The van der Waals surface area contributed by atoms with Crippen LogP contribution in [0, 0.1) is 5.92 Å². The van der Waals surface area contributed by atoms with E-state index in [0.29, 0.717) is 12.8 Å². The van der Waals surface area contributed by atoms with Crippen LogP contribution >= 0.6 is 0 Å². The van der Waals surface area contributed by atoms with Crippen molar-refractivity contribution in [1.29, 1.82) is 0 Å². The van der Waals surface area contributed by atoms with Crippen LogP contribution < -0.4 is 5.32 Å². The van der Waals surface area contributed by atoms with Crippen LogP contribution in [-0.4, -0.2) is 46.9 Å². The number of piperidine rings is 1. The van der Waals surface area contributed by atoms with Crippen molar-refractivity contribution in [2.24, 2.45) is 5.92 Å². The molecule has 1 aromatic rings. The molecule has 2 amide bonds. The van der Waals surface area contributed by atoms with Gasteiger partial charge in [-0.15, -0.1) is 0 Å². The standard InChI is InChI=1S/C17H22N2O4/c1-12-7-8-14(17(22)23)11-19(12)16(21)10-18-15(20)9-13-5-3-2-4-6-13/h2-6,12,14H,7-11H2,1H3,(H,18,20)(H,22,23). The summed E-state index contributed by atoms with van der Waals surface area (Å²) in [5, 5.41) is 11.7. The maximum absolute atomic E-state index is 12.3. The molecule has 2 N–H and O–H groups in total. The molecule has 0 bridgehead atoms. The molecule has 2 rings (SSSR count). The van der Waals surface area contributed by atoms with Crippen LogP contribution in [0.15, 0.2) is 30.3 Å². The first kappa shape index (κ1) is 17.0. The first-order valence-corrected chi connectivity index (χ1v) is 7.80. The molecule has 2 atom stereocenters. The number of hydrogen-bond acceptors (Lipinski definition) is 3. The van der Waals surface area contributed by atoms with Crippen LogP contribution in [-0.2, 0) is 20.8 Å². The van der Waals surface area contributed by atoms with Gasteiger partial charge >= 0.3 is 5.97 Å². The summed E-state index contributed by atoms with van der Waals surface area (Å²) in [4.78, 5) is 36.8. The highest BCUT2D eigenvalue weighted by Crippen LogP contribution is 2.22. The topological polar surface area (TPSA) is 86.7 Å². The summed E-state index contributed by atoms with van der Waals surface area (Å²) in [6.45, 7) is 2.02. The highest BCUT2D eigenvalue weighted by Gasteiger charge is 2.32. The van der Waals surface area contributed by atoms with Crippen LogP contribution in [0.1, 0.15) is 25.3 Å². The average molecular weight is 318 g/mol. The Labute approximate surface area is 135 Å². The maximum Gasteiger partial charge on any atom is 0.308 e. The number of aliphatic carboxylic acids is 1. The fourth-order valence-electron chi connectivity index (χ4n) is 2.78. The largest absolute Gasteiger partial charge is 0.481 e. The number of carboxylic acids is 1. The number of carbonyl (C=O) groups is 3. The molecular formula is C17H22N2O4. The minimum atomic E-state index is -0.872. The Bertz CT molecular complexity index is 573. The van der Waals surface area contributed by atoms with Crippen LogP contribution in [0.25, 0.3) is 0 Å². The average Bonchev–Trinajstić information content (AvgIpc) is 2.53. The Hall–Kier alpha value is -2.37. The SMILES string of the molecule is CC1CCC(C(=O)O)CN1C(=O)CNC(=O)Cc1ccccc1. The molecule has 1 fully saturated rings. The molecule has 0 saturated carbocycles.